The first kappa shape index (κ1) is 24.5. The second-order valence-corrected chi connectivity index (χ2v) is 11.6. The van der Waals surface area contributed by atoms with Crippen LogP contribution in [0.4, 0.5) is 5.69 Å². The minimum absolute atomic E-state index is 0.0446. The summed E-state index contributed by atoms with van der Waals surface area (Å²) in [5, 5.41) is 23.9. The zero-order chi connectivity index (χ0) is 25.4. The van der Waals surface area contributed by atoms with E-state index in [1.807, 2.05) is 6.92 Å². The second kappa shape index (κ2) is 9.71. The lowest BCUT2D eigenvalue weighted by Gasteiger charge is -2.37. The molecule has 3 aromatic rings. The number of carbonyl (C=O) groups is 2. The number of nitro benzene ring substituents is 1. The SMILES string of the molecule is C[C@@]1(CSc2nnnn2-c2ccc(Cl)cc2)S[C@@H]2CC(=O)N2[C@H]1C(=O)OCc1ccc([N+](=O)[O-])cc1. The second-order valence-electron chi connectivity index (χ2n) is 8.46. The lowest BCUT2D eigenvalue weighted by molar-refractivity contribution is -0.384. The van der Waals surface area contributed by atoms with Gasteiger partial charge in [0.2, 0.25) is 11.1 Å². The van der Waals surface area contributed by atoms with E-state index in [0.717, 1.165) is 5.69 Å². The van der Waals surface area contributed by atoms with Gasteiger partial charge in [-0.1, -0.05) is 23.4 Å². The summed E-state index contributed by atoms with van der Waals surface area (Å²) in [7, 11) is 0. The van der Waals surface area contributed by atoms with Gasteiger partial charge in [0.05, 0.1) is 27.2 Å². The van der Waals surface area contributed by atoms with Gasteiger partial charge in [-0.2, -0.15) is 4.68 Å². The van der Waals surface area contributed by atoms with Gasteiger partial charge >= 0.3 is 5.97 Å². The van der Waals surface area contributed by atoms with Gasteiger partial charge in [-0.05, 0) is 59.3 Å². The van der Waals surface area contributed by atoms with Crippen molar-refractivity contribution in [1.29, 1.82) is 0 Å². The number of benzene rings is 2. The van der Waals surface area contributed by atoms with E-state index in [2.05, 4.69) is 15.5 Å². The number of rotatable bonds is 8. The Balaban J connectivity index is 1.30. The summed E-state index contributed by atoms with van der Waals surface area (Å²) in [5.74, 6) is -0.162. The van der Waals surface area contributed by atoms with Gasteiger partial charge in [-0.25, -0.2) is 4.79 Å². The number of amides is 1. The highest BCUT2D eigenvalue weighted by Gasteiger charge is 2.61. The molecule has 186 valence electrons. The van der Waals surface area contributed by atoms with Crippen LogP contribution in [-0.2, 0) is 20.9 Å². The van der Waals surface area contributed by atoms with Crippen LogP contribution >= 0.6 is 35.1 Å². The average molecular weight is 547 g/mol. The number of carbonyl (C=O) groups excluding carboxylic acids is 2. The number of ether oxygens (including phenoxy) is 1. The van der Waals surface area contributed by atoms with Gasteiger partial charge in [-0.15, -0.1) is 16.9 Å². The van der Waals surface area contributed by atoms with Crippen molar-refractivity contribution in [3.63, 3.8) is 0 Å². The number of nitrogens with zero attached hydrogens (tertiary/aromatic N) is 6. The first-order valence-corrected chi connectivity index (χ1v) is 13.1. The average Bonchev–Trinajstić information content (AvgIpc) is 3.42. The van der Waals surface area contributed by atoms with Crippen molar-refractivity contribution in [2.75, 3.05) is 5.75 Å². The Morgan fingerprint density at radius 3 is 2.67 bits per heavy atom. The van der Waals surface area contributed by atoms with Crippen LogP contribution in [0.3, 0.4) is 0 Å². The third-order valence-corrected chi connectivity index (χ3v) is 9.22. The number of aromatic nitrogens is 4. The molecule has 5 rings (SSSR count). The van der Waals surface area contributed by atoms with Crippen molar-refractivity contribution in [1.82, 2.24) is 25.1 Å². The molecule has 0 radical (unpaired) electrons. The van der Waals surface area contributed by atoms with Crippen molar-refractivity contribution in [2.24, 2.45) is 0 Å². The topological polar surface area (TPSA) is 133 Å². The summed E-state index contributed by atoms with van der Waals surface area (Å²) in [6.07, 6.45) is 0.375. The van der Waals surface area contributed by atoms with Gasteiger partial charge in [0.15, 0.2) is 0 Å². The molecule has 14 heteroatoms. The van der Waals surface area contributed by atoms with Crippen molar-refractivity contribution < 1.29 is 19.2 Å². The largest absolute Gasteiger partial charge is 0.459 e. The molecule has 2 aliphatic heterocycles. The highest BCUT2D eigenvalue weighted by Crippen LogP contribution is 2.52. The molecule has 1 aromatic heterocycles. The number of thioether (sulfide) groups is 2. The number of halogens is 1. The third-order valence-electron chi connectivity index (χ3n) is 5.96. The van der Waals surface area contributed by atoms with Crippen LogP contribution in [0.15, 0.2) is 53.7 Å². The van der Waals surface area contributed by atoms with Crippen molar-refractivity contribution in [3.8, 4) is 5.69 Å². The number of nitro groups is 1. The Morgan fingerprint density at radius 2 is 2.00 bits per heavy atom. The molecule has 3 atom stereocenters. The monoisotopic (exact) mass is 546 g/mol. The fourth-order valence-electron chi connectivity index (χ4n) is 4.12. The Kier molecular flexibility index (Phi) is 6.62. The van der Waals surface area contributed by atoms with E-state index in [9.17, 15) is 19.7 Å². The molecule has 0 bridgehead atoms. The molecular formula is C22H19ClN6O5S2. The van der Waals surface area contributed by atoms with Crippen LogP contribution in [-0.4, -0.2) is 63.8 Å². The van der Waals surface area contributed by atoms with Gasteiger partial charge < -0.3 is 9.64 Å². The zero-order valence-corrected chi connectivity index (χ0v) is 21.2. The number of hydrogen-bond acceptors (Lipinski definition) is 10. The number of non-ortho nitro benzene ring substituents is 1. The first-order chi connectivity index (χ1) is 17.2. The lowest BCUT2D eigenvalue weighted by Crippen LogP contribution is -2.58. The first-order valence-electron chi connectivity index (χ1n) is 10.8. The lowest BCUT2D eigenvalue weighted by atomic mass is 9.98. The van der Waals surface area contributed by atoms with Crippen molar-refractivity contribution >= 4 is 52.7 Å². The van der Waals surface area contributed by atoms with E-state index in [1.54, 1.807) is 45.6 Å². The third kappa shape index (κ3) is 4.65. The highest BCUT2D eigenvalue weighted by molar-refractivity contribution is 8.04. The maximum atomic E-state index is 13.2. The Hall–Kier alpha value is -3.16. The molecule has 0 spiro atoms. The molecule has 0 saturated carbocycles. The number of esters is 1. The van der Waals surface area contributed by atoms with E-state index in [1.165, 1.54) is 36.0 Å². The molecule has 36 heavy (non-hydrogen) atoms. The summed E-state index contributed by atoms with van der Waals surface area (Å²) < 4.78 is 6.51. The summed E-state index contributed by atoms with van der Waals surface area (Å²) in [4.78, 5) is 37.5. The van der Waals surface area contributed by atoms with Crippen LogP contribution in [0.2, 0.25) is 5.02 Å². The number of β-lactam (4-membered cyclic amide) rings is 1. The van der Waals surface area contributed by atoms with Crippen molar-refractivity contribution in [2.45, 2.75) is 41.3 Å². The predicted molar refractivity (Wildman–Crippen MR) is 133 cm³/mol. The van der Waals surface area contributed by atoms with Crippen LogP contribution in [0.25, 0.3) is 5.69 Å². The van der Waals surface area contributed by atoms with E-state index >= 15 is 0 Å². The molecule has 0 N–H and O–H groups in total. The molecule has 2 fully saturated rings. The summed E-state index contributed by atoms with van der Waals surface area (Å²) in [6, 6.07) is 12.1. The Bertz CT molecular complexity index is 1320. The number of hydrogen-bond donors (Lipinski definition) is 0. The maximum Gasteiger partial charge on any atom is 0.330 e. The van der Waals surface area contributed by atoms with Crippen LogP contribution in [0.1, 0.15) is 18.9 Å². The van der Waals surface area contributed by atoms with E-state index in [-0.39, 0.29) is 23.6 Å². The molecule has 2 saturated heterocycles. The van der Waals surface area contributed by atoms with Crippen LogP contribution < -0.4 is 0 Å². The normalized spacial score (nSPS) is 22.7. The highest BCUT2D eigenvalue weighted by atomic mass is 35.5. The molecule has 0 unspecified atom stereocenters. The summed E-state index contributed by atoms with van der Waals surface area (Å²) in [6.45, 7) is 1.88. The van der Waals surface area contributed by atoms with E-state index in [0.29, 0.717) is 27.9 Å². The van der Waals surface area contributed by atoms with Gasteiger partial charge in [0, 0.05) is 22.9 Å². The number of fused-ring (bicyclic) bond motifs is 1. The summed E-state index contributed by atoms with van der Waals surface area (Å²) in [5.41, 5.74) is 1.32. The van der Waals surface area contributed by atoms with E-state index in [4.69, 9.17) is 16.3 Å². The molecule has 3 heterocycles. The van der Waals surface area contributed by atoms with Crippen LogP contribution in [0, 0.1) is 10.1 Å². The molecule has 0 aliphatic carbocycles. The van der Waals surface area contributed by atoms with Gasteiger partial charge in [0.25, 0.3) is 5.69 Å². The smallest absolute Gasteiger partial charge is 0.330 e. The number of tetrazole rings is 1. The van der Waals surface area contributed by atoms with Crippen LogP contribution in [0.5, 0.6) is 0 Å². The van der Waals surface area contributed by atoms with Gasteiger partial charge in [0.1, 0.15) is 12.6 Å². The van der Waals surface area contributed by atoms with Crippen molar-refractivity contribution in [3.05, 3.63) is 69.2 Å². The zero-order valence-electron chi connectivity index (χ0n) is 18.8. The molecule has 2 aliphatic rings. The Labute approximate surface area is 218 Å². The van der Waals surface area contributed by atoms with E-state index < -0.39 is 21.7 Å². The standard InChI is InChI=1S/C22H19ClN6O5S2/c1-22(12-35-21-24-25-26-28(21)15-8-4-14(23)5-9-15)19(27-17(30)10-18(27)36-22)20(31)34-11-13-2-6-16(7-3-13)29(32)33/h2-9,18-19H,10-12H2,1H3/t18-,19+,22+/m1/s1. The van der Waals surface area contributed by atoms with Gasteiger partial charge in [-0.3, -0.25) is 14.9 Å². The minimum atomic E-state index is -0.779. The fourth-order valence-corrected chi connectivity index (χ4v) is 7.17. The molecule has 11 nitrogen and oxygen atoms in total. The molecular weight excluding hydrogens is 528 g/mol. The maximum absolute atomic E-state index is 13.2. The molecule has 1 amide bonds. The predicted octanol–water partition coefficient (Wildman–Crippen LogP) is 3.49. The molecule has 2 aromatic carbocycles. The quantitative estimate of drug-likeness (QED) is 0.136. The summed E-state index contributed by atoms with van der Waals surface area (Å²) >= 11 is 8.94. The fraction of sp³-hybridized carbons (Fsp3) is 0.318. The Morgan fingerprint density at radius 1 is 1.28 bits per heavy atom. The minimum Gasteiger partial charge on any atom is -0.459 e.